The molecule has 0 spiro atoms. The molecule has 2 aliphatic heterocycles. The number of rotatable bonds is 2. The average molecular weight is 308 g/mol. The van der Waals surface area contributed by atoms with Gasteiger partial charge in [0.25, 0.3) is 0 Å². The highest BCUT2D eigenvalue weighted by Gasteiger charge is 2.56. The van der Waals surface area contributed by atoms with E-state index in [1.54, 1.807) is 4.90 Å². The van der Waals surface area contributed by atoms with Crippen molar-refractivity contribution < 1.29 is 24.5 Å². The van der Waals surface area contributed by atoms with Crippen LogP contribution in [0.4, 0.5) is 4.79 Å². The second-order valence-electron chi connectivity index (χ2n) is 6.21. The Hall–Kier alpha value is -2.31. The van der Waals surface area contributed by atoms with Crippen LogP contribution in [0.2, 0.25) is 0 Å². The molecule has 22 heavy (non-hydrogen) atoms. The molecule has 0 unspecified atom stereocenters. The van der Waals surface area contributed by atoms with Crippen LogP contribution in [0, 0.1) is 5.92 Å². The molecule has 3 rings (SSSR count). The van der Waals surface area contributed by atoms with Gasteiger partial charge in [0.05, 0.1) is 5.56 Å². The molecule has 0 aromatic carbocycles. The Morgan fingerprint density at radius 2 is 2.32 bits per heavy atom. The van der Waals surface area contributed by atoms with Gasteiger partial charge in [-0.3, -0.25) is 9.88 Å². The summed E-state index contributed by atoms with van der Waals surface area (Å²) in [4.78, 5) is 16.3. The number of aromatic hydroxyl groups is 2. The number of carbonyl (C=O) groups is 1. The molecule has 0 saturated carbocycles. The summed E-state index contributed by atoms with van der Waals surface area (Å²) in [6.45, 7) is 8.03. The van der Waals surface area contributed by atoms with Gasteiger partial charge in [-0.05, 0) is 19.3 Å². The molecule has 3 heterocycles. The molecular formula is C15H20N2O5. The van der Waals surface area contributed by atoms with Crippen molar-refractivity contribution in [3.63, 3.8) is 0 Å². The van der Waals surface area contributed by atoms with Crippen LogP contribution < -0.4 is 4.74 Å². The fourth-order valence-electron chi connectivity index (χ4n) is 3.65. The molecule has 120 valence electrons. The first-order valence-corrected chi connectivity index (χ1v) is 7.24. The maximum Gasteiger partial charge on any atom is 0.410 e. The number of ether oxygens (including phenoxy) is 2. The third-order valence-electron chi connectivity index (χ3n) is 4.27. The number of nitrogens with one attached hydrogen (secondary N) is 1. The van der Waals surface area contributed by atoms with Crippen LogP contribution in [-0.2, 0) is 4.74 Å². The lowest BCUT2D eigenvalue weighted by atomic mass is 9.80. The van der Waals surface area contributed by atoms with Crippen LogP contribution in [0.1, 0.15) is 31.9 Å². The van der Waals surface area contributed by atoms with Crippen molar-refractivity contribution in [3.05, 3.63) is 18.2 Å². The quantitative estimate of drug-likeness (QED) is 0.729. The largest absolute Gasteiger partial charge is 0.494 e. The van der Waals surface area contributed by atoms with Crippen LogP contribution in [0.25, 0.3) is 0 Å². The van der Waals surface area contributed by atoms with E-state index in [9.17, 15) is 15.0 Å². The number of piperidine rings is 1. The number of likely N-dealkylation sites (tertiary alicyclic amines) is 1. The summed E-state index contributed by atoms with van der Waals surface area (Å²) < 4.78 is 11.0. The van der Waals surface area contributed by atoms with Gasteiger partial charge in [0, 0.05) is 6.54 Å². The molecule has 1 aromatic rings. The number of H-pyrrole nitrogens is 1. The standard InChI is InChI=1S/C15H20N2O5/c1-4-5-21-14(20)17-7-8(2)6-15(3)11(17)9-10(22-15)13(19)16-12(9)18/h4,8,11,16,18-19H,1,5-7H2,2-3H3/t8-,11-,15-/m0/s1. The summed E-state index contributed by atoms with van der Waals surface area (Å²) in [5, 5.41) is 19.9. The lowest BCUT2D eigenvalue weighted by molar-refractivity contribution is -0.0426. The van der Waals surface area contributed by atoms with Gasteiger partial charge in [-0.2, -0.15) is 0 Å². The zero-order valence-electron chi connectivity index (χ0n) is 12.6. The first-order chi connectivity index (χ1) is 10.4. The van der Waals surface area contributed by atoms with Gasteiger partial charge >= 0.3 is 6.09 Å². The van der Waals surface area contributed by atoms with Gasteiger partial charge in [0.15, 0.2) is 5.75 Å². The van der Waals surface area contributed by atoms with Crippen molar-refractivity contribution in [2.24, 2.45) is 5.92 Å². The van der Waals surface area contributed by atoms with Gasteiger partial charge in [-0.25, -0.2) is 4.79 Å². The molecule has 1 fully saturated rings. The van der Waals surface area contributed by atoms with E-state index in [0.717, 1.165) is 0 Å². The molecule has 3 N–H and O–H groups in total. The molecule has 3 atom stereocenters. The molecule has 2 aliphatic rings. The highest BCUT2D eigenvalue weighted by molar-refractivity contribution is 5.71. The first-order valence-electron chi connectivity index (χ1n) is 7.24. The lowest BCUT2D eigenvalue weighted by Gasteiger charge is -2.45. The molecule has 1 saturated heterocycles. The van der Waals surface area contributed by atoms with E-state index in [1.165, 1.54) is 6.08 Å². The number of aromatic nitrogens is 1. The van der Waals surface area contributed by atoms with Crippen molar-refractivity contribution in [2.75, 3.05) is 13.2 Å². The van der Waals surface area contributed by atoms with Gasteiger partial charge in [0.1, 0.15) is 18.2 Å². The van der Waals surface area contributed by atoms with E-state index in [2.05, 4.69) is 11.6 Å². The van der Waals surface area contributed by atoms with E-state index in [0.29, 0.717) is 18.5 Å². The summed E-state index contributed by atoms with van der Waals surface area (Å²) in [7, 11) is 0. The first kappa shape index (κ1) is 14.6. The maximum atomic E-state index is 12.4. The Morgan fingerprint density at radius 3 is 3.00 bits per heavy atom. The van der Waals surface area contributed by atoms with Gasteiger partial charge in [-0.1, -0.05) is 19.6 Å². The van der Waals surface area contributed by atoms with E-state index in [4.69, 9.17) is 9.47 Å². The second-order valence-corrected chi connectivity index (χ2v) is 6.21. The normalized spacial score (nSPS) is 29.5. The van der Waals surface area contributed by atoms with Crippen LogP contribution in [0.5, 0.6) is 17.5 Å². The minimum atomic E-state index is -0.709. The second kappa shape index (κ2) is 4.86. The van der Waals surface area contributed by atoms with Gasteiger partial charge in [-0.15, -0.1) is 0 Å². The maximum absolute atomic E-state index is 12.4. The Bertz CT molecular complexity index is 626. The molecule has 1 amide bonds. The van der Waals surface area contributed by atoms with E-state index in [1.807, 2.05) is 13.8 Å². The Morgan fingerprint density at radius 1 is 1.59 bits per heavy atom. The predicted molar refractivity (Wildman–Crippen MR) is 77.9 cm³/mol. The zero-order valence-corrected chi connectivity index (χ0v) is 12.6. The van der Waals surface area contributed by atoms with E-state index >= 15 is 0 Å². The number of hydrogen-bond acceptors (Lipinski definition) is 5. The number of hydrogen-bond donors (Lipinski definition) is 3. The monoisotopic (exact) mass is 308 g/mol. The molecule has 0 aliphatic carbocycles. The van der Waals surface area contributed by atoms with Crippen molar-refractivity contribution in [3.8, 4) is 17.5 Å². The molecule has 7 nitrogen and oxygen atoms in total. The number of amides is 1. The topological polar surface area (TPSA) is 95.0 Å². The fourth-order valence-corrected chi connectivity index (χ4v) is 3.65. The smallest absolute Gasteiger partial charge is 0.410 e. The summed E-state index contributed by atoms with van der Waals surface area (Å²) in [6, 6.07) is -0.506. The highest BCUT2D eigenvalue weighted by Crippen LogP contribution is 2.58. The zero-order chi connectivity index (χ0) is 16.1. The van der Waals surface area contributed by atoms with E-state index < -0.39 is 17.7 Å². The predicted octanol–water partition coefficient (Wildman–Crippen LogP) is 2.28. The summed E-state index contributed by atoms with van der Waals surface area (Å²) in [6.07, 6.45) is 1.72. The highest BCUT2D eigenvalue weighted by atomic mass is 16.6. The van der Waals surface area contributed by atoms with Crippen molar-refractivity contribution in [1.29, 1.82) is 0 Å². The third kappa shape index (κ3) is 2.00. The SMILES string of the molecule is C=CCOC(=O)N1C[C@@H](C)C[C@]2(C)Oc3c(O)[nH]c(O)c3[C@H]12. The van der Waals surface area contributed by atoms with Crippen molar-refractivity contribution in [2.45, 2.75) is 31.9 Å². The van der Waals surface area contributed by atoms with Crippen molar-refractivity contribution in [1.82, 2.24) is 9.88 Å². The van der Waals surface area contributed by atoms with E-state index in [-0.39, 0.29) is 30.0 Å². The number of nitrogens with zero attached hydrogens (tertiary/aromatic N) is 1. The molecule has 7 heteroatoms. The third-order valence-corrected chi connectivity index (χ3v) is 4.27. The summed E-state index contributed by atoms with van der Waals surface area (Å²) in [5.74, 6) is 0.00269. The lowest BCUT2D eigenvalue weighted by Crippen LogP contribution is -2.54. The van der Waals surface area contributed by atoms with Crippen molar-refractivity contribution >= 4 is 6.09 Å². The summed E-state index contributed by atoms with van der Waals surface area (Å²) in [5.41, 5.74) is -0.304. The molecular weight excluding hydrogens is 288 g/mol. The molecule has 0 radical (unpaired) electrons. The Kier molecular flexibility index (Phi) is 3.23. The average Bonchev–Trinajstić information content (AvgIpc) is 2.89. The minimum Gasteiger partial charge on any atom is -0.494 e. The Balaban J connectivity index is 2.01. The number of aromatic amines is 1. The van der Waals surface area contributed by atoms with Gasteiger partial charge < -0.3 is 19.7 Å². The van der Waals surface area contributed by atoms with Gasteiger partial charge in [0.2, 0.25) is 11.8 Å². The van der Waals surface area contributed by atoms with Crippen LogP contribution >= 0.6 is 0 Å². The van der Waals surface area contributed by atoms with Crippen LogP contribution in [0.3, 0.4) is 0 Å². The Labute approximate surface area is 128 Å². The van der Waals surface area contributed by atoms with Crippen LogP contribution in [-0.4, -0.2) is 44.9 Å². The minimum absolute atomic E-state index is 0.116. The number of fused-ring (bicyclic) bond motifs is 3. The molecule has 1 aromatic heterocycles. The number of carbonyl (C=O) groups excluding carboxylic acids is 1. The molecule has 0 bridgehead atoms. The fraction of sp³-hybridized carbons (Fsp3) is 0.533. The van der Waals surface area contributed by atoms with Crippen LogP contribution in [0.15, 0.2) is 12.7 Å². The summed E-state index contributed by atoms with van der Waals surface area (Å²) >= 11 is 0.